The van der Waals surface area contributed by atoms with Crippen molar-refractivity contribution in [3.05, 3.63) is 92.2 Å². The van der Waals surface area contributed by atoms with Gasteiger partial charge in [0.05, 0.1) is 17.2 Å². The third-order valence-corrected chi connectivity index (χ3v) is 4.48. The van der Waals surface area contributed by atoms with Gasteiger partial charge in [0.1, 0.15) is 0 Å². The van der Waals surface area contributed by atoms with Gasteiger partial charge in [0.15, 0.2) is 5.69 Å². The normalized spacial score (nSPS) is 11.3. The van der Waals surface area contributed by atoms with Gasteiger partial charge in [-0.15, -0.1) is 0 Å². The number of carbonyl (C=O) groups is 1. The van der Waals surface area contributed by atoms with E-state index in [4.69, 9.17) is 0 Å². The predicted octanol–water partition coefficient (Wildman–Crippen LogP) is 3.76. The molecule has 0 spiro atoms. The van der Waals surface area contributed by atoms with E-state index in [0.717, 1.165) is 10.0 Å². The maximum atomic E-state index is 12.2. The third-order valence-electron chi connectivity index (χ3n) is 3.95. The Balaban J connectivity index is 1.62. The van der Waals surface area contributed by atoms with Crippen molar-refractivity contribution in [2.45, 2.75) is 13.5 Å². The first-order valence-corrected chi connectivity index (χ1v) is 9.09. The maximum absolute atomic E-state index is 12.2. The number of nitro groups is 1. The number of aromatic nitrogens is 2. The summed E-state index contributed by atoms with van der Waals surface area (Å²) < 4.78 is 2.67. The van der Waals surface area contributed by atoms with Crippen molar-refractivity contribution in [2.75, 3.05) is 0 Å². The first-order chi connectivity index (χ1) is 13.4. The van der Waals surface area contributed by atoms with Crippen LogP contribution in [0.1, 0.15) is 28.5 Å². The summed E-state index contributed by atoms with van der Waals surface area (Å²) >= 11 is 3.39. The lowest BCUT2D eigenvalue weighted by Crippen LogP contribution is -2.20. The van der Waals surface area contributed by atoms with E-state index in [2.05, 4.69) is 31.6 Å². The second kappa shape index (κ2) is 8.57. The number of hydrogen-bond donors (Lipinski definition) is 1. The number of nitro benzene ring substituents is 1. The first kappa shape index (κ1) is 19.4. The van der Waals surface area contributed by atoms with Gasteiger partial charge in [-0.05, 0) is 48.4 Å². The van der Waals surface area contributed by atoms with Crippen LogP contribution >= 0.6 is 15.9 Å². The van der Waals surface area contributed by atoms with E-state index in [-0.39, 0.29) is 11.4 Å². The van der Waals surface area contributed by atoms with Gasteiger partial charge in [-0.3, -0.25) is 19.6 Å². The summed E-state index contributed by atoms with van der Waals surface area (Å²) in [5.74, 6) is -0.434. The molecular weight excluding hydrogens is 426 g/mol. The van der Waals surface area contributed by atoms with Crippen LogP contribution in [0.5, 0.6) is 0 Å². The highest BCUT2D eigenvalue weighted by atomic mass is 79.9. The molecule has 0 unspecified atom stereocenters. The average molecular weight is 442 g/mol. The monoisotopic (exact) mass is 441 g/mol. The molecule has 0 aliphatic carbocycles. The van der Waals surface area contributed by atoms with Crippen LogP contribution in [0, 0.1) is 10.1 Å². The van der Waals surface area contributed by atoms with Crippen molar-refractivity contribution in [1.29, 1.82) is 0 Å². The number of amides is 1. The Labute approximate surface area is 169 Å². The first-order valence-electron chi connectivity index (χ1n) is 8.30. The molecule has 0 saturated carbocycles. The van der Waals surface area contributed by atoms with E-state index in [1.54, 1.807) is 36.0 Å². The Bertz CT molecular complexity index is 1030. The zero-order valence-corrected chi connectivity index (χ0v) is 16.5. The zero-order valence-electron chi connectivity index (χ0n) is 14.9. The predicted molar refractivity (Wildman–Crippen MR) is 108 cm³/mol. The van der Waals surface area contributed by atoms with E-state index < -0.39 is 10.8 Å². The average Bonchev–Trinajstić information content (AvgIpc) is 3.16. The van der Waals surface area contributed by atoms with E-state index in [1.807, 2.05) is 24.3 Å². The van der Waals surface area contributed by atoms with Gasteiger partial charge in [0.2, 0.25) is 0 Å². The Hall–Kier alpha value is -3.33. The molecule has 3 aromatic rings. The van der Waals surface area contributed by atoms with Crippen molar-refractivity contribution >= 4 is 33.2 Å². The summed E-state index contributed by atoms with van der Waals surface area (Å²) in [5, 5.41) is 19.0. The second-order valence-corrected chi connectivity index (χ2v) is 6.88. The van der Waals surface area contributed by atoms with Crippen LogP contribution in [-0.4, -0.2) is 26.3 Å². The van der Waals surface area contributed by atoms with Gasteiger partial charge in [-0.25, -0.2) is 5.43 Å². The molecule has 0 radical (unpaired) electrons. The zero-order chi connectivity index (χ0) is 20.1. The van der Waals surface area contributed by atoms with Crippen LogP contribution in [-0.2, 0) is 6.54 Å². The van der Waals surface area contributed by atoms with Crippen LogP contribution in [0.15, 0.2) is 70.4 Å². The quantitative estimate of drug-likeness (QED) is 0.357. The summed E-state index contributed by atoms with van der Waals surface area (Å²) in [5.41, 5.74) is 4.96. The van der Waals surface area contributed by atoms with Gasteiger partial charge in [0, 0.05) is 22.8 Å². The third kappa shape index (κ3) is 4.89. The molecule has 1 heterocycles. The SMILES string of the molecule is CC(=NNC(=O)c1ccn(Cc2ccc(Br)cc2)n1)c1ccc([N+](=O)[O-])cc1. The molecule has 2 aromatic carbocycles. The van der Waals surface area contributed by atoms with E-state index in [9.17, 15) is 14.9 Å². The highest BCUT2D eigenvalue weighted by Gasteiger charge is 2.10. The van der Waals surface area contributed by atoms with Crippen LogP contribution in [0.2, 0.25) is 0 Å². The molecule has 1 amide bonds. The smallest absolute Gasteiger partial charge is 0.268 e. The second-order valence-electron chi connectivity index (χ2n) is 5.97. The number of hydrogen-bond acceptors (Lipinski definition) is 5. The minimum atomic E-state index is -0.470. The Kier molecular flexibility index (Phi) is 5.95. The number of hydrazone groups is 1. The molecule has 142 valence electrons. The van der Waals surface area contributed by atoms with Gasteiger partial charge >= 0.3 is 0 Å². The van der Waals surface area contributed by atoms with Gasteiger partial charge < -0.3 is 0 Å². The van der Waals surface area contributed by atoms with Crippen molar-refractivity contribution < 1.29 is 9.72 Å². The largest absolute Gasteiger partial charge is 0.291 e. The number of carbonyl (C=O) groups excluding carboxylic acids is 1. The molecule has 28 heavy (non-hydrogen) atoms. The van der Waals surface area contributed by atoms with E-state index in [1.165, 1.54) is 12.1 Å². The minimum absolute atomic E-state index is 0.00287. The Morgan fingerprint density at radius 2 is 1.86 bits per heavy atom. The van der Waals surface area contributed by atoms with Crippen molar-refractivity contribution in [1.82, 2.24) is 15.2 Å². The summed E-state index contributed by atoms with van der Waals surface area (Å²) in [6.07, 6.45) is 1.73. The van der Waals surface area contributed by atoms with Gasteiger partial charge in [0.25, 0.3) is 11.6 Å². The lowest BCUT2D eigenvalue weighted by Gasteiger charge is -2.03. The molecule has 1 N–H and O–H groups in total. The van der Waals surface area contributed by atoms with Crippen LogP contribution in [0.25, 0.3) is 0 Å². The number of nitrogens with zero attached hydrogens (tertiary/aromatic N) is 4. The fraction of sp³-hybridized carbons (Fsp3) is 0.105. The molecule has 8 nitrogen and oxygen atoms in total. The van der Waals surface area contributed by atoms with Crippen LogP contribution in [0.3, 0.4) is 0 Å². The fourth-order valence-corrected chi connectivity index (χ4v) is 2.69. The molecule has 0 aliphatic rings. The lowest BCUT2D eigenvalue weighted by atomic mass is 10.1. The van der Waals surface area contributed by atoms with Crippen LogP contribution < -0.4 is 5.43 Å². The topological polar surface area (TPSA) is 102 Å². The molecular formula is C19H16BrN5O3. The summed E-state index contributed by atoms with van der Waals surface area (Å²) in [6.45, 7) is 2.25. The Morgan fingerprint density at radius 1 is 1.18 bits per heavy atom. The molecule has 0 fully saturated rings. The van der Waals surface area contributed by atoms with Gasteiger partial charge in [-0.2, -0.15) is 10.2 Å². The number of non-ortho nitro benzene ring substituents is 1. The molecule has 3 rings (SSSR count). The number of rotatable bonds is 6. The highest BCUT2D eigenvalue weighted by molar-refractivity contribution is 9.10. The highest BCUT2D eigenvalue weighted by Crippen LogP contribution is 2.13. The molecule has 0 aliphatic heterocycles. The summed E-state index contributed by atoms with van der Waals surface area (Å²) in [4.78, 5) is 22.5. The van der Waals surface area contributed by atoms with Crippen molar-refractivity contribution in [2.24, 2.45) is 5.10 Å². The molecule has 0 atom stereocenters. The van der Waals surface area contributed by atoms with Crippen molar-refractivity contribution in [3.63, 3.8) is 0 Å². The maximum Gasteiger partial charge on any atom is 0.291 e. The molecule has 0 saturated heterocycles. The standard InChI is InChI=1S/C19H16BrN5O3/c1-13(15-4-8-17(9-5-15)25(27)28)21-22-19(26)18-10-11-24(23-18)12-14-2-6-16(20)7-3-14/h2-11H,12H2,1H3,(H,22,26). The number of nitrogens with one attached hydrogen (secondary N) is 1. The van der Waals surface area contributed by atoms with E-state index in [0.29, 0.717) is 17.8 Å². The van der Waals surface area contributed by atoms with Gasteiger partial charge in [-0.1, -0.05) is 28.1 Å². The number of halogens is 1. The summed E-state index contributed by atoms with van der Waals surface area (Å²) in [6, 6.07) is 15.4. The Morgan fingerprint density at radius 3 is 2.50 bits per heavy atom. The molecule has 0 bridgehead atoms. The number of benzene rings is 2. The van der Waals surface area contributed by atoms with Crippen molar-refractivity contribution in [3.8, 4) is 0 Å². The minimum Gasteiger partial charge on any atom is -0.268 e. The lowest BCUT2D eigenvalue weighted by molar-refractivity contribution is -0.384. The molecule has 9 heteroatoms. The van der Waals surface area contributed by atoms with Crippen LogP contribution in [0.4, 0.5) is 5.69 Å². The summed E-state index contributed by atoms with van der Waals surface area (Å²) in [7, 11) is 0. The van der Waals surface area contributed by atoms with E-state index >= 15 is 0 Å². The molecule has 1 aromatic heterocycles. The fourth-order valence-electron chi connectivity index (χ4n) is 2.43.